The molecule has 4 heteroatoms. The maximum Gasteiger partial charge on any atom is 0.261 e. The molecule has 1 heterocycles. The van der Waals surface area contributed by atoms with Crippen molar-refractivity contribution < 1.29 is 14.3 Å². The number of nitrogens with one attached hydrogen (secondary N) is 1. The van der Waals surface area contributed by atoms with Gasteiger partial charge in [0.1, 0.15) is 11.5 Å². The highest BCUT2D eigenvalue weighted by Gasteiger charge is 2.25. The molecular formula is C22H27NO3. The van der Waals surface area contributed by atoms with Crippen LogP contribution < -0.4 is 14.8 Å². The third-order valence-electron chi connectivity index (χ3n) is 4.68. The Morgan fingerprint density at radius 1 is 1.15 bits per heavy atom. The van der Waals surface area contributed by atoms with Gasteiger partial charge < -0.3 is 14.8 Å². The second kappa shape index (κ2) is 7.40. The van der Waals surface area contributed by atoms with Crippen LogP contribution in [0.4, 0.5) is 0 Å². The summed E-state index contributed by atoms with van der Waals surface area (Å²) in [7, 11) is 0. The minimum atomic E-state index is -0.564. The Hall–Kier alpha value is -2.49. The molecule has 3 rings (SSSR count). The van der Waals surface area contributed by atoms with Crippen LogP contribution in [0.2, 0.25) is 0 Å². The van der Waals surface area contributed by atoms with Crippen LogP contribution in [-0.4, -0.2) is 18.6 Å². The fourth-order valence-electron chi connectivity index (χ4n) is 3.07. The number of amides is 1. The quantitative estimate of drug-likeness (QED) is 0.887. The molecule has 0 bridgehead atoms. The molecule has 1 aliphatic rings. The molecule has 2 atom stereocenters. The summed E-state index contributed by atoms with van der Waals surface area (Å²) in [5.41, 5.74) is 2.35. The number of hydrogen-bond acceptors (Lipinski definition) is 3. The third-order valence-corrected chi connectivity index (χ3v) is 4.68. The Kier molecular flexibility index (Phi) is 5.21. The lowest BCUT2D eigenvalue weighted by Crippen LogP contribution is -2.40. The molecule has 0 spiro atoms. The van der Waals surface area contributed by atoms with Crippen LogP contribution in [0.25, 0.3) is 0 Å². The summed E-state index contributed by atoms with van der Waals surface area (Å²) >= 11 is 0. The van der Waals surface area contributed by atoms with E-state index in [1.54, 1.807) is 6.92 Å². The molecule has 0 saturated heterocycles. The van der Waals surface area contributed by atoms with Crippen LogP contribution in [-0.2, 0) is 10.2 Å². The summed E-state index contributed by atoms with van der Waals surface area (Å²) in [6, 6.07) is 15.7. The van der Waals surface area contributed by atoms with Crippen molar-refractivity contribution in [1.29, 1.82) is 0 Å². The molecule has 1 N–H and O–H groups in total. The van der Waals surface area contributed by atoms with Gasteiger partial charge in [-0.3, -0.25) is 4.79 Å². The Labute approximate surface area is 155 Å². The van der Waals surface area contributed by atoms with E-state index >= 15 is 0 Å². The zero-order valence-corrected chi connectivity index (χ0v) is 15.9. The van der Waals surface area contributed by atoms with E-state index in [1.165, 1.54) is 5.56 Å². The first kappa shape index (κ1) is 18.3. The van der Waals surface area contributed by atoms with Gasteiger partial charge in [0.15, 0.2) is 6.10 Å². The zero-order chi connectivity index (χ0) is 18.7. The van der Waals surface area contributed by atoms with Crippen LogP contribution >= 0.6 is 0 Å². The van der Waals surface area contributed by atoms with Crippen molar-refractivity contribution in [2.45, 2.75) is 51.7 Å². The first-order chi connectivity index (χ1) is 12.3. The van der Waals surface area contributed by atoms with Crippen molar-refractivity contribution in [1.82, 2.24) is 5.32 Å². The van der Waals surface area contributed by atoms with Crippen LogP contribution in [0.5, 0.6) is 11.5 Å². The number of hydrogen-bond donors (Lipinski definition) is 1. The molecule has 138 valence electrons. The minimum Gasteiger partial charge on any atom is -0.493 e. The lowest BCUT2D eigenvalue weighted by atomic mass is 9.87. The fraction of sp³-hybridized carbons (Fsp3) is 0.409. The van der Waals surface area contributed by atoms with Gasteiger partial charge in [-0.05, 0) is 36.1 Å². The number of fused-ring (bicyclic) bond motifs is 1. The maximum absolute atomic E-state index is 12.6. The number of carbonyl (C=O) groups is 1. The summed E-state index contributed by atoms with van der Waals surface area (Å²) in [6.45, 7) is 8.89. The van der Waals surface area contributed by atoms with E-state index < -0.39 is 6.10 Å². The van der Waals surface area contributed by atoms with Crippen LogP contribution in [0.3, 0.4) is 0 Å². The lowest BCUT2D eigenvalue weighted by molar-refractivity contribution is -0.128. The Bertz CT molecular complexity index is 762. The number of para-hydroxylation sites is 1. The molecule has 0 saturated carbocycles. The molecule has 2 aromatic carbocycles. The molecule has 1 aliphatic heterocycles. The molecular weight excluding hydrogens is 326 g/mol. The van der Waals surface area contributed by atoms with Crippen molar-refractivity contribution in [3.8, 4) is 11.5 Å². The molecule has 0 fully saturated rings. The van der Waals surface area contributed by atoms with Crippen LogP contribution in [0.1, 0.15) is 51.3 Å². The molecule has 0 aliphatic carbocycles. The molecule has 4 nitrogen and oxygen atoms in total. The second-order valence-electron chi connectivity index (χ2n) is 7.77. The smallest absolute Gasteiger partial charge is 0.261 e. The lowest BCUT2D eigenvalue weighted by Gasteiger charge is -2.27. The van der Waals surface area contributed by atoms with E-state index in [0.29, 0.717) is 12.4 Å². The van der Waals surface area contributed by atoms with Gasteiger partial charge in [0.2, 0.25) is 0 Å². The van der Waals surface area contributed by atoms with Gasteiger partial charge in [-0.15, -0.1) is 0 Å². The largest absolute Gasteiger partial charge is 0.493 e. The van der Waals surface area contributed by atoms with E-state index in [9.17, 15) is 4.79 Å². The van der Waals surface area contributed by atoms with Gasteiger partial charge in [0.05, 0.1) is 12.6 Å². The average molecular weight is 353 g/mol. The number of ether oxygens (including phenoxy) is 2. The SMILES string of the molecule is C[C@H](Oc1ccc(C(C)(C)C)cc1)C(=O)N[C@H]1CCOc2ccccc21. The van der Waals surface area contributed by atoms with E-state index in [1.807, 2.05) is 36.4 Å². The minimum absolute atomic E-state index is 0.0400. The molecule has 26 heavy (non-hydrogen) atoms. The van der Waals surface area contributed by atoms with Crippen molar-refractivity contribution in [2.24, 2.45) is 0 Å². The van der Waals surface area contributed by atoms with Crippen molar-refractivity contribution in [3.05, 3.63) is 59.7 Å². The number of benzene rings is 2. The predicted octanol–water partition coefficient (Wildman–Crippen LogP) is 4.39. The van der Waals surface area contributed by atoms with Crippen molar-refractivity contribution >= 4 is 5.91 Å². The predicted molar refractivity (Wildman–Crippen MR) is 103 cm³/mol. The van der Waals surface area contributed by atoms with Crippen LogP contribution in [0.15, 0.2) is 48.5 Å². The molecule has 1 amide bonds. The molecule has 0 aromatic heterocycles. The van der Waals surface area contributed by atoms with E-state index in [2.05, 4.69) is 38.2 Å². The first-order valence-electron chi connectivity index (χ1n) is 9.14. The van der Waals surface area contributed by atoms with Crippen molar-refractivity contribution in [3.63, 3.8) is 0 Å². The Morgan fingerprint density at radius 3 is 2.54 bits per heavy atom. The highest BCUT2D eigenvalue weighted by molar-refractivity contribution is 5.81. The first-order valence-corrected chi connectivity index (χ1v) is 9.14. The summed E-state index contributed by atoms with van der Waals surface area (Å²) in [6.07, 6.45) is 0.195. The van der Waals surface area contributed by atoms with Crippen molar-refractivity contribution in [2.75, 3.05) is 6.61 Å². The third kappa shape index (κ3) is 4.18. The summed E-state index contributed by atoms with van der Waals surface area (Å²) in [4.78, 5) is 12.6. The van der Waals surface area contributed by atoms with E-state index in [-0.39, 0.29) is 17.4 Å². The average Bonchev–Trinajstić information content (AvgIpc) is 2.61. The second-order valence-corrected chi connectivity index (χ2v) is 7.77. The van der Waals surface area contributed by atoms with Gasteiger partial charge in [0, 0.05) is 12.0 Å². The standard InChI is InChI=1S/C22H27NO3/c1-15(26-17-11-9-16(10-12-17)22(2,3)4)21(24)23-19-13-14-25-20-8-6-5-7-18(19)20/h5-12,15,19H,13-14H2,1-4H3,(H,23,24)/t15-,19-/m0/s1. The molecule has 2 aromatic rings. The van der Waals surface area contributed by atoms with Gasteiger partial charge in [-0.25, -0.2) is 0 Å². The summed E-state index contributed by atoms with van der Waals surface area (Å²) in [5, 5.41) is 3.09. The Balaban J connectivity index is 1.62. The normalized spacial score (nSPS) is 17.6. The van der Waals surface area contributed by atoms with Gasteiger partial charge >= 0.3 is 0 Å². The number of carbonyl (C=O) groups excluding carboxylic acids is 1. The maximum atomic E-state index is 12.6. The topological polar surface area (TPSA) is 47.6 Å². The summed E-state index contributed by atoms with van der Waals surface area (Å²) < 4.78 is 11.5. The molecule has 0 radical (unpaired) electrons. The van der Waals surface area contributed by atoms with Crippen LogP contribution in [0, 0.1) is 0 Å². The highest BCUT2D eigenvalue weighted by atomic mass is 16.5. The highest BCUT2D eigenvalue weighted by Crippen LogP contribution is 2.31. The molecule has 0 unspecified atom stereocenters. The summed E-state index contributed by atoms with van der Waals surface area (Å²) in [5.74, 6) is 1.43. The van der Waals surface area contributed by atoms with E-state index in [4.69, 9.17) is 9.47 Å². The van der Waals surface area contributed by atoms with Gasteiger partial charge in [-0.1, -0.05) is 51.1 Å². The zero-order valence-electron chi connectivity index (χ0n) is 15.9. The number of rotatable bonds is 4. The Morgan fingerprint density at radius 2 is 1.85 bits per heavy atom. The fourth-order valence-corrected chi connectivity index (χ4v) is 3.07. The monoisotopic (exact) mass is 353 g/mol. The van der Waals surface area contributed by atoms with E-state index in [0.717, 1.165) is 17.7 Å². The van der Waals surface area contributed by atoms with Gasteiger partial charge in [0.25, 0.3) is 5.91 Å². The van der Waals surface area contributed by atoms with Gasteiger partial charge in [-0.2, -0.15) is 0 Å².